The lowest BCUT2D eigenvalue weighted by molar-refractivity contribution is -0.141. The van der Waals surface area contributed by atoms with Crippen LogP contribution in [0.2, 0.25) is 0 Å². The fourth-order valence-corrected chi connectivity index (χ4v) is 2.40. The molecule has 0 bridgehead atoms. The lowest BCUT2D eigenvalue weighted by Gasteiger charge is -2.25. The highest BCUT2D eigenvalue weighted by Crippen LogP contribution is 2.33. The molecule has 1 heterocycles. The van der Waals surface area contributed by atoms with Crippen molar-refractivity contribution in [3.8, 4) is 0 Å². The Balaban J connectivity index is 3.23. The molecule has 1 aromatic heterocycles. The summed E-state index contributed by atoms with van der Waals surface area (Å²) in [4.78, 5) is 11.7. The van der Waals surface area contributed by atoms with Gasteiger partial charge in [0, 0.05) is 30.6 Å². The number of hydrogen-bond acceptors (Lipinski definition) is 4. The van der Waals surface area contributed by atoms with Crippen LogP contribution in [0, 0.1) is 0 Å². The monoisotopic (exact) mass is 281 g/mol. The van der Waals surface area contributed by atoms with Crippen LogP contribution in [0.15, 0.2) is 6.20 Å². The van der Waals surface area contributed by atoms with Gasteiger partial charge in [-0.1, -0.05) is 27.7 Å². The van der Waals surface area contributed by atoms with Crippen molar-refractivity contribution in [3.63, 3.8) is 0 Å². The van der Waals surface area contributed by atoms with E-state index >= 15 is 0 Å². The van der Waals surface area contributed by atoms with Crippen LogP contribution in [0.4, 0.5) is 0 Å². The quantitative estimate of drug-likeness (QED) is 0.839. The van der Waals surface area contributed by atoms with E-state index in [9.17, 15) is 4.79 Å². The number of ether oxygens (including phenoxy) is 1. The van der Waals surface area contributed by atoms with E-state index in [0.717, 1.165) is 17.7 Å². The normalized spacial score (nSPS) is 14.9. The average Bonchev–Trinajstić information content (AvgIpc) is 2.76. The van der Waals surface area contributed by atoms with Gasteiger partial charge in [0.1, 0.15) is 0 Å². The minimum Gasteiger partial charge on any atom is -0.469 e. The number of carbonyl (C=O) groups excluding carboxylic acids is 1. The molecule has 5 nitrogen and oxygen atoms in total. The first kappa shape index (κ1) is 16.7. The van der Waals surface area contributed by atoms with E-state index in [4.69, 9.17) is 10.5 Å². The molecule has 0 radical (unpaired) electrons. The number of nitrogens with two attached hydrogens (primary N) is 1. The number of aryl methyl sites for hydroxylation is 1. The van der Waals surface area contributed by atoms with Gasteiger partial charge < -0.3 is 10.5 Å². The third-order valence-electron chi connectivity index (χ3n) is 3.57. The van der Waals surface area contributed by atoms with Gasteiger partial charge >= 0.3 is 5.97 Å². The first-order valence-electron chi connectivity index (χ1n) is 7.07. The molecular formula is C15H27N3O2. The molecule has 0 aliphatic heterocycles. The van der Waals surface area contributed by atoms with Crippen LogP contribution in [0.1, 0.15) is 57.7 Å². The Labute approximate surface area is 121 Å². The summed E-state index contributed by atoms with van der Waals surface area (Å²) in [5.41, 5.74) is 8.20. The number of nitrogens with zero attached hydrogens (tertiary/aromatic N) is 2. The van der Waals surface area contributed by atoms with E-state index in [1.54, 1.807) is 4.68 Å². The van der Waals surface area contributed by atoms with Gasteiger partial charge in [-0.05, 0) is 12.0 Å². The first-order valence-corrected chi connectivity index (χ1v) is 7.07. The van der Waals surface area contributed by atoms with Crippen molar-refractivity contribution in [1.82, 2.24) is 9.78 Å². The maximum Gasteiger partial charge on any atom is 0.306 e. The van der Waals surface area contributed by atoms with Crippen molar-refractivity contribution in [3.05, 3.63) is 17.5 Å². The molecule has 2 atom stereocenters. The van der Waals surface area contributed by atoms with Crippen molar-refractivity contribution in [1.29, 1.82) is 0 Å². The number of methoxy groups -OCH3 is 1. The second kappa shape index (κ2) is 6.39. The molecule has 1 aromatic rings. The number of carbonyl (C=O) groups is 1. The molecule has 0 spiro atoms. The van der Waals surface area contributed by atoms with Gasteiger partial charge in [-0.25, -0.2) is 0 Å². The molecular weight excluding hydrogens is 254 g/mol. The fraction of sp³-hybridized carbons (Fsp3) is 0.733. The van der Waals surface area contributed by atoms with Crippen LogP contribution in [0.5, 0.6) is 0 Å². The van der Waals surface area contributed by atoms with Crippen molar-refractivity contribution < 1.29 is 9.53 Å². The fourth-order valence-electron chi connectivity index (χ4n) is 2.40. The predicted octanol–water partition coefficient (Wildman–Crippen LogP) is 2.10. The Kier molecular flexibility index (Phi) is 5.34. The molecule has 0 amide bonds. The van der Waals surface area contributed by atoms with Gasteiger partial charge in [-0.2, -0.15) is 5.10 Å². The highest BCUT2D eigenvalue weighted by Gasteiger charge is 2.31. The lowest BCUT2D eigenvalue weighted by atomic mass is 9.81. The highest BCUT2D eigenvalue weighted by molar-refractivity contribution is 5.70. The van der Waals surface area contributed by atoms with Crippen molar-refractivity contribution in [2.75, 3.05) is 7.11 Å². The molecule has 2 unspecified atom stereocenters. The van der Waals surface area contributed by atoms with E-state index in [0.29, 0.717) is 6.42 Å². The Morgan fingerprint density at radius 2 is 2.10 bits per heavy atom. The summed E-state index contributed by atoms with van der Waals surface area (Å²) in [5, 5.41) is 4.56. The standard InChI is InChI=1S/C15H27N3O2/c1-7-12(16)10(8-13(19)20-6)11-9-18(5)17-14(11)15(2,3)4/h9-10,12H,7-8,16H2,1-6H3. The van der Waals surface area contributed by atoms with E-state index in [2.05, 4.69) is 25.9 Å². The van der Waals surface area contributed by atoms with Crippen molar-refractivity contribution in [2.45, 2.75) is 57.9 Å². The molecule has 5 heteroatoms. The van der Waals surface area contributed by atoms with Crippen LogP contribution in [0.25, 0.3) is 0 Å². The minimum atomic E-state index is -0.234. The van der Waals surface area contributed by atoms with Gasteiger partial charge in [0.05, 0.1) is 19.2 Å². The lowest BCUT2D eigenvalue weighted by Crippen LogP contribution is -2.31. The number of esters is 1. The van der Waals surface area contributed by atoms with Gasteiger partial charge in [-0.15, -0.1) is 0 Å². The Hall–Kier alpha value is -1.36. The van der Waals surface area contributed by atoms with E-state index in [-0.39, 0.29) is 23.3 Å². The summed E-state index contributed by atoms with van der Waals surface area (Å²) < 4.78 is 6.60. The second-order valence-electron chi connectivity index (χ2n) is 6.32. The van der Waals surface area contributed by atoms with Crippen LogP contribution in [-0.4, -0.2) is 28.9 Å². The molecule has 0 saturated carbocycles. The van der Waals surface area contributed by atoms with Crippen molar-refractivity contribution >= 4 is 5.97 Å². The van der Waals surface area contributed by atoms with E-state index < -0.39 is 0 Å². The summed E-state index contributed by atoms with van der Waals surface area (Å²) in [6.07, 6.45) is 3.07. The van der Waals surface area contributed by atoms with E-state index in [1.165, 1.54) is 7.11 Å². The number of rotatable bonds is 5. The zero-order valence-corrected chi connectivity index (χ0v) is 13.4. The van der Waals surface area contributed by atoms with Crippen LogP contribution < -0.4 is 5.73 Å². The second-order valence-corrected chi connectivity index (χ2v) is 6.32. The Morgan fingerprint density at radius 1 is 1.50 bits per heavy atom. The molecule has 114 valence electrons. The van der Waals surface area contributed by atoms with Gasteiger partial charge in [0.2, 0.25) is 0 Å². The molecule has 0 aliphatic carbocycles. The molecule has 0 aliphatic rings. The molecule has 0 fully saturated rings. The molecule has 0 aromatic carbocycles. The molecule has 1 rings (SSSR count). The Morgan fingerprint density at radius 3 is 2.55 bits per heavy atom. The smallest absolute Gasteiger partial charge is 0.306 e. The summed E-state index contributed by atoms with van der Waals surface area (Å²) in [6.45, 7) is 8.38. The van der Waals surface area contributed by atoms with Crippen molar-refractivity contribution in [2.24, 2.45) is 12.8 Å². The van der Waals surface area contributed by atoms with Crippen LogP contribution in [0.3, 0.4) is 0 Å². The number of hydrogen-bond donors (Lipinski definition) is 1. The van der Waals surface area contributed by atoms with E-state index in [1.807, 2.05) is 20.2 Å². The summed E-state index contributed by atoms with van der Waals surface area (Å²) in [5.74, 6) is -0.294. The third kappa shape index (κ3) is 3.82. The molecule has 0 saturated heterocycles. The summed E-state index contributed by atoms with van der Waals surface area (Å²) >= 11 is 0. The minimum absolute atomic E-state index is 0.0598. The maximum absolute atomic E-state index is 11.7. The van der Waals surface area contributed by atoms with Crippen LogP contribution >= 0.6 is 0 Å². The zero-order valence-electron chi connectivity index (χ0n) is 13.4. The molecule has 20 heavy (non-hydrogen) atoms. The molecule has 2 N–H and O–H groups in total. The number of aromatic nitrogens is 2. The SMILES string of the molecule is CCC(N)C(CC(=O)OC)c1cn(C)nc1C(C)(C)C. The summed E-state index contributed by atoms with van der Waals surface area (Å²) in [6, 6.07) is -0.0839. The maximum atomic E-state index is 11.7. The van der Waals surface area contributed by atoms with Gasteiger partial charge in [-0.3, -0.25) is 9.48 Å². The van der Waals surface area contributed by atoms with Gasteiger partial charge in [0.15, 0.2) is 0 Å². The summed E-state index contributed by atoms with van der Waals surface area (Å²) in [7, 11) is 3.30. The largest absolute Gasteiger partial charge is 0.469 e. The highest BCUT2D eigenvalue weighted by atomic mass is 16.5. The predicted molar refractivity (Wildman–Crippen MR) is 79.5 cm³/mol. The topological polar surface area (TPSA) is 70.1 Å². The van der Waals surface area contributed by atoms with Gasteiger partial charge in [0.25, 0.3) is 0 Å². The zero-order chi connectivity index (χ0) is 15.5. The average molecular weight is 281 g/mol. The first-order chi connectivity index (χ1) is 9.20. The van der Waals surface area contributed by atoms with Crippen LogP contribution in [-0.2, 0) is 22.0 Å². The Bertz CT molecular complexity index is 460. The third-order valence-corrected chi connectivity index (χ3v) is 3.57.